The van der Waals surface area contributed by atoms with Crippen molar-refractivity contribution in [1.29, 1.82) is 0 Å². The van der Waals surface area contributed by atoms with Gasteiger partial charge < -0.3 is 20.5 Å². The van der Waals surface area contributed by atoms with Gasteiger partial charge in [0.25, 0.3) is 0 Å². The molecule has 1 amide bonds. The molecule has 0 bridgehead atoms. The molecule has 1 heterocycles. The van der Waals surface area contributed by atoms with E-state index in [1.807, 2.05) is 24.3 Å². The standard InChI is InChI=1S/C15H16N2O5/c18-13(5-6-14(19)20)17-12(15(21)22)7-9-8-16-11-4-2-1-3-10(9)11/h1-4,8,12,16H,5-7H2,(H,17,18)(H,19,20)(H,21,22)/t12-/m1/s1. The Morgan fingerprint density at radius 1 is 1.14 bits per heavy atom. The van der Waals surface area contributed by atoms with Gasteiger partial charge in [-0.15, -0.1) is 0 Å². The lowest BCUT2D eigenvalue weighted by atomic mass is 10.0. The lowest BCUT2D eigenvalue weighted by molar-refractivity contribution is -0.142. The molecule has 0 aliphatic rings. The summed E-state index contributed by atoms with van der Waals surface area (Å²) in [5.41, 5.74) is 1.67. The molecule has 0 spiro atoms. The Morgan fingerprint density at radius 2 is 1.86 bits per heavy atom. The minimum atomic E-state index is -1.16. The fraction of sp³-hybridized carbons (Fsp3) is 0.267. The third-order valence-electron chi connectivity index (χ3n) is 3.30. The van der Waals surface area contributed by atoms with E-state index in [1.165, 1.54) is 0 Å². The Labute approximate surface area is 125 Å². The number of amides is 1. The third-order valence-corrected chi connectivity index (χ3v) is 3.30. The van der Waals surface area contributed by atoms with Crippen molar-refractivity contribution in [2.45, 2.75) is 25.3 Å². The molecule has 0 radical (unpaired) electrons. The lowest BCUT2D eigenvalue weighted by Gasteiger charge is -2.14. The van der Waals surface area contributed by atoms with Crippen LogP contribution in [0, 0.1) is 0 Å². The topological polar surface area (TPSA) is 119 Å². The Bertz CT molecular complexity index is 707. The number of fused-ring (bicyclic) bond motifs is 1. The molecule has 0 fully saturated rings. The van der Waals surface area contributed by atoms with E-state index in [0.29, 0.717) is 0 Å². The summed E-state index contributed by atoms with van der Waals surface area (Å²) in [6.45, 7) is 0. The van der Waals surface area contributed by atoms with Crippen LogP contribution < -0.4 is 5.32 Å². The van der Waals surface area contributed by atoms with Gasteiger partial charge in [0.2, 0.25) is 5.91 Å². The zero-order chi connectivity index (χ0) is 16.1. The average Bonchev–Trinajstić information content (AvgIpc) is 2.87. The van der Waals surface area contributed by atoms with Crippen LogP contribution in [0.2, 0.25) is 0 Å². The number of aromatic amines is 1. The van der Waals surface area contributed by atoms with Gasteiger partial charge in [0.1, 0.15) is 6.04 Å². The highest BCUT2D eigenvalue weighted by atomic mass is 16.4. The Kier molecular flexibility index (Phi) is 4.77. The highest BCUT2D eigenvalue weighted by Crippen LogP contribution is 2.19. The first-order valence-corrected chi connectivity index (χ1v) is 6.76. The van der Waals surface area contributed by atoms with Gasteiger partial charge in [0.05, 0.1) is 6.42 Å². The predicted octanol–water partition coefficient (Wildman–Crippen LogP) is 1.14. The average molecular weight is 304 g/mol. The zero-order valence-electron chi connectivity index (χ0n) is 11.7. The van der Waals surface area contributed by atoms with Crippen LogP contribution in [0.15, 0.2) is 30.5 Å². The summed E-state index contributed by atoms with van der Waals surface area (Å²) in [7, 11) is 0. The summed E-state index contributed by atoms with van der Waals surface area (Å²) in [5, 5.41) is 21.0. The highest BCUT2D eigenvalue weighted by Gasteiger charge is 2.22. The van der Waals surface area contributed by atoms with Crippen LogP contribution in [0.4, 0.5) is 0 Å². The number of benzene rings is 1. The van der Waals surface area contributed by atoms with Crippen molar-refractivity contribution >= 4 is 28.7 Å². The molecule has 2 aromatic rings. The molecule has 22 heavy (non-hydrogen) atoms. The number of carbonyl (C=O) groups is 3. The van der Waals surface area contributed by atoms with Crippen molar-refractivity contribution in [3.8, 4) is 0 Å². The van der Waals surface area contributed by atoms with Gasteiger partial charge in [-0.1, -0.05) is 18.2 Å². The normalized spacial score (nSPS) is 12.0. The van der Waals surface area contributed by atoms with E-state index < -0.39 is 23.9 Å². The van der Waals surface area contributed by atoms with Crippen molar-refractivity contribution in [1.82, 2.24) is 10.3 Å². The smallest absolute Gasteiger partial charge is 0.326 e. The summed E-state index contributed by atoms with van der Waals surface area (Å²) in [6, 6.07) is 6.36. The molecule has 0 aliphatic heterocycles. The third kappa shape index (κ3) is 3.85. The van der Waals surface area contributed by atoms with Crippen molar-refractivity contribution < 1.29 is 24.6 Å². The fourth-order valence-corrected chi connectivity index (χ4v) is 2.21. The van der Waals surface area contributed by atoms with E-state index in [9.17, 15) is 19.5 Å². The largest absolute Gasteiger partial charge is 0.481 e. The van der Waals surface area contributed by atoms with Crippen LogP contribution in [0.5, 0.6) is 0 Å². The van der Waals surface area contributed by atoms with Gasteiger partial charge in [-0.25, -0.2) is 4.79 Å². The van der Waals surface area contributed by atoms with E-state index in [4.69, 9.17) is 5.11 Å². The van der Waals surface area contributed by atoms with Crippen LogP contribution in [0.25, 0.3) is 10.9 Å². The molecule has 2 rings (SSSR count). The summed E-state index contributed by atoms with van der Waals surface area (Å²) < 4.78 is 0. The number of aliphatic carboxylic acids is 2. The van der Waals surface area contributed by atoms with Crippen LogP contribution in [0.3, 0.4) is 0 Å². The van der Waals surface area contributed by atoms with E-state index in [2.05, 4.69) is 10.3 Å². The molecule has 7 heteroatoms. The highest BCUT2D eigenvalue weighted by molar-refractivity contribution is 5.87. The summed E-state index contributed by atoms with van der Waals surface area (Å²) in [5.74, 6) is -2.85. The van der Waals surface area contributed by atoms with Crippen molar-refractivity contribution in [2.24, 2.45) is 0 Å². The summed E-state index contributed by atoms with van der Waals surface area (Å²) in [4.78, 5) is 36.4. The number of H-pyrrole nitrogens is 1. The number of para-hydroxylation sites is 1. The summed E-state index contributed by atoms with van der Waals surface area (Å²) >= 11 is 0. The molecule has 1 aromatic heterocycles. The van der Waals surface area contributed by atoms with Gasteiger partial charge in [0, 0.05) is 29.9 Å². The molecular formula is C15H16N2O5. The SMILES string of the molecule is O=C(O)CCC(=O)N[C@H](Cc1c[nH]c2ccccc12)C(=O)O. The van der Waals surface area contributed by atoms with E-state index in [-0.39, 0.29) is 19.3 Å². The first-order chi connectivity index (χ1) is 10.5. The van der Waals surface area contributed by atoms with Crippen molar-refractivity contribution in [3.05, 3.63) is 36.0 Å². The first-order valence-electron chi connectivity index (χ1n) is 6.76. The number of hydrogen-bond acceptors (Lipinski definition) is 3. The van der Waals surface area contributed by atoms with E-state index >= 15 is 0 Å². The summed E-state index contributed by atoms with van der Waals surface area (Å²) in [6.07, 6.45) is 1.26. The number of nitrogens with one attached hydrogen (secondary N) is 2. The quantitative estimate of drug-likeness (QED) is 0.611. The van der Waals surface area contributed by atoms with Gasteiger partial charge >= 0.3 is 11.9 Å². The van der Waals surface area contributed by atoms with Crippen LogP contribution in [-0.4, -0.2) is 39.1 Å². The Balaban J connectivity index is 2.07. The van der Waals surface area contributed by atoms with Crippen molar-refractivity contribution in [2.75, 3.05) is 0 Å². The maximum atomic E-state index is 11.6. The first kappa shape index (κ1) is 15.6. The molecule has 0 saturated heterocycles. The van der Waals surface area contributed by atoms with Crippen molar-refractivity contribution in [3.63, 3.8) is 0 Å². The van der Waals surface area contributed by atoms with Gasteiger partial charge in [-0.05, 0) is 11.6 Å². The van der Waals surface area contributed by atoms with Gasteiger partial charge in [0.15, 0.2) is 0 Å². The number of hydrogen-bond donors (Lipinski definition) is 4. The number of carboxylic acids is 2. The molecule has 1 atom stereocenters. The molecule has 7 nitrogen and oxygen atoms in total. The molecule has 4 N–H and O–H groups in total. The molecule has 0 saturated carbocycles. The second kappa shape index (κ2) is 6.75. The van der Waals surface area contributed by atoms with Crippen LogP contribution in [0.1, 0.15) is 18.4 Å². The zero-order valence-corrected chi connectivity index (χ0v) is 11.7. The number of carboxylic acid groups (broad SMARTS) is 2. The number of aromatic nitrogens is 1. The monoisotopic (exact) mass is 304 g/mol. The molecule has 0 unspecified atom stereocenters. The minimum absolute atomic E-state index is 0.123. The van der Waals surface area contributed by atoms with E-state index in [0.717, 1.165) is 16.5 Å². The predicted molar refractivity (Wildman–Crippen MR) is 78.4 cm³/mol. The Hall–Kier alpha value is -2.83. The van der Waals surface area contributed by atoms with Crippen LogP contribution >= 0.6 is 0 Å². The minimum Gasteiger partial charge on any atom is -0.481 e. The van der Waals surface area contributed by atoms with Crippen LogP contribution in [-0.2, 0) is 20.8 Å². The maximum absolute atomic E-state index is 11.6. The lowest BCUT2D eigenvalue weighted by Crippen LogP contribution is -2.42. The van der Waals surface area contributed by atoms with Gasteiger partial charge in [-0.2, -0.15) is 0 Å². The molecule has 116 valence electrons. The fourth-order valence-electron chi connectivity index (χ4n) is 2.21. The number of carbonyl (C=O) groups excluding carboxylic acids is 1. The maximum Gasteiger partial charge on any atom is 0.326 e. The number of rotatable bonds is 7. The Morgan fingerprint density at radius 3 is 2.55 bits per heavy atom. The molecular weight excluding hydrogens is 288 g/mol. The molecule has 1 aromatic carbocycles. The molecule has 0 aliphatic carbocycles. The van der Waals surface area contributed by atoms with Gasteiger partial charge in [-0.3, -0.25) is 9.59 Å². The second-order valence-electron chi connectivity index (χ2n) is 4.92. The second-order valence-corrected chi connectivity index (χ2v) is 4.92. The van der Waals surface area contributed by atoms with E-state index in [1.54, 1.807) is 6.20 Å².